The average molecular weight is 187 g/mol. The second-order valence-electron chi connectivity index (χ2n) is 2.97. The molecule has 0 spiro atoms. The molecular formula is C10H9N3O. The highest BCUT2D eigenvalue weighted by Gasteiger charge is 2.08. The third-order valence-electron chi connectivity index (χ3n) is 1.79. The molecule has 0 aromatic carbocycles. The molecule has 2 N–H and O–H groups in total. The molecule has 0 unspecified atom stereocenters. The quantitative estimate of drug-likeness (QED) is 0.686. The van der Waals surface area contributed by atoms with Gasteiger partial charge in [-0.15, -0.1) is 5.73 Å². The number of anilines is 1. The lowest BCUT2D eigenvalue weighted by Crippen LogP contribution is -2.12. The molecule has 0 aliphatic heterocycles. The lowest BCUT2D eigenvalue weighted by molar-refractivity contribution is -0.112. The topological polar surface area (TPSA) is 57.8 Å². The number of H-pyrrole nitrogens is 1. The van der Waals surface area contributed by atoms with Gasteiger partial charge < -0.3 is 5.32 Å². The summed E-state index contributed by atoms with van der Waals surface area (Å²) in [4.78, 5) is 11.5. The predicted octanol–water partition coefficient (Wildman–Crippen LogP) is 1.31. The maximum atomic E-state index is 11.5. The van der Waals surface area contributed by atoms with E-state index < -0.39 is 0 Å². The number of aromatic amines is 1. The third kappa shape index (κ3) is 1.65. The van der Waals surface area contributed by atoms with Gasteiger partial charge in [0.25, 0.3) is 5.91 Å². The summed E-state index contributed by atoms with van der Waals surface area (Å²) in [5.41, 5.74) is 4.24. The molecule has 0 atom stereocenters. The predicted molar refractivity (Wildman–Crippen MR) is 52.7 cm³/mol. The van der Waals surface area contributed by atoms with Crippen LogP contribution in [0.15, 0.2) is 35.6 Å². The third-order valence-corrected chi connectivity index (χ3v) is 1.79. The number of hydrogen-bond acceptors (Lipinski definition) is 2. The Morgan fingerprint density at radius 3 is 3.07 bits per heavy atom. The van der Waals surface area contributed by atoms with Crippen LogP contribution in [0, 0.1) is 6.92 Å². The Hall–Kier alpha value is -2.06. The molecule has 2 rings (SSSR count). The van der Waals surface area contributed by atoms with Crippen LogP contribution in [0.1, 0.15) is 5.69 Å². The first-order chi connectivity index (χ1) is 6.75. The lowest BCUT2D eigenvalue weighted by Gasteiger charge is -1.97. The number of nitrogens with zero attached hydrogens (tertiary/aromatic N) is 1. The van der Waals surface area contributed by atoms with Gasteiger partial charge in [0.1, 0.15) is 0 Å². The van der Waals surface area contributed by atoms with Crippen LogP contribution >= 0.6 is 0 Å². The molecule has 4 heteroatoms. The average Bonchev–Trinajstić information content (AvgIpc) is 2.75. The van der Waals surface area contributed by atoms with Crippen LogP contribution in [0.4, 0.5) is 5.82 Å². The van der Waals surface area contributed by atoms with Crippen molar-refractivity contribution in [3.63, 3.8) is 0 Å². The van der Waals surface area contributed by atoms with E-state index in [0.29, 0.717) is 11.4 Å². The van der Waals surface area contributed by atoms with Crippen LogP contribution < -0.4 is 5.32 Å². The van der Waals surface area contributed by atoms with Crippen molar-refractivity contribution in [1.82, 2.24) is 10.2 Å². The number of amides is 1. The van der Waals surface area contributed by atoms with Crippen molar-refractivity contribution in [3.05, 3.63) is 41.3 Å². The van der Waals surface area contributed by atoms with Crippen LogP contribution in [-0.4, -0.2) is 16.1 Å². The van der Waals surface area contributed by atoms with Gasteiger partial charge in [0, 0.05) is 11.8 Å². The second kappa shape index (κ2) is 3.36. The molecule has 1 aliphatic carbocycles. The lowest BCUT2D eigenvalue weighted by atomic mass is 10.3. The van der Waals surface area contributed by atoms with Crippen molar-refractivity contribution in [3.8, 4) is 0 Å². The minimum atomic E-state index is -0.193. The summed E-state index contributed by atoms with van der Waals surface area (Å²) >= 11 is 0. The molecule has 1 heterocycles. The zero-order valence-corrected chi connectivity index (χ0v) is 7.66. The molecule has 0 radical (unpaired) electrons. The number of carbonyl (C=O) groups is 1. The number of aromatic nitrogens is 2. The van der Waals surface area contributed by atoms with Gasteiger partial charge in [-0.25, -0.2) is 0 Å². The molecule has 1 aliphatic rings. The van der Waals surface area contributed by atoms with Gasteiger partial charge in [-0.1, -0.05) is 6.08 Å². The maximum Gasteiger partial charge on any atom is 0.264 e. The molecule has 4 nitrogen and oxygen atoms in total. The summed E-state index contributed by atoms with van der Waals surface area (Å²) in [6.07, 6.45) is 5.17. The summed E-state index contributed by atoms with van der Waals surface area (Å²) in [6.45, 7) is 1.87. The van der Waals surface area contributed by atoms with Crippen molar-refractivity contribution in [2.24, 2.45) is 0 Å². The van der Waals surface area contributed by atoms with Crippen molar-refractivity contribution in [1.29, 1.82) is 0 Å². The molecule has 0 saturated heterocycles. The molecule has 0 saturated carbocycles. The zero-order valence-electron chi connectivity index (χ0n) is 7.66. The highest BCUT2D eigenvalue weighted by molar-refractivity contribution is 6.05. The van der Waals surface area contributed by atoms with Gasteiger partial charge in [0.05, 0.1) is 5.57 Å². The van der Waals surface area contributed by atoms with E-state index in [4.69, 9.17) is 0 Å². The standard InChI is InChI=1S/C10H9N3O/c1-7-6-9(13-12-7)11-10(14)8-4-2-3-5-8/h2-4,6H,1H3,(H2,11,12,13,14). The first-order valence-electron chi connectivity index (χ1n) is 4.22. The Labute approximate surface area is 81.0 Å². The molecule has 1 aromatic heterocycles. The monoisotopic (exact) mass is 187 g/mol. The molecule has 1 aromatic rings. The van der Waals surface area contributed by atoms with Gasteiger partial charge in [-0.2, -0.15) is 5.10 Å². The van der Waals surface area contributed by atoms with Crippen molar-refractivity contribution < 1.29 is 4.79 Å². The summed E-state index contributed by atoms with van der Waals surface area (Å²) < 4.78 is 0. The van der Waals surface area contributed by atoms with Crippen LogP contribution in [0.2, 0.25) is 0 Å². The van der Waals surface area contributed by atoms with Crippen molar-refractivity contribution in [2.45, 2.75) is 6.92 Å². The minimum absolute atomic E-state index is 0.193. The van der Waals surface area contributed by atoms with E-state index in [1.54, 1.807) is 24.3 Å². The zero-order chi connectivity index (χ0) is 9.97. The second-order valence-corrected chi connectivity index (χ2v) is 2.97. The Balaban J connectivity index is 2.09. The van der Waals surface area contributed by atoms with Crippen LogP contribution in [0.25, 0.3) is 0 Å². The van der Waals surface area contributed by atoms with Crippen LogP contribution in [0.3, 0.4) is 0 Å². The minimum Gasteiger partial charge on any atom is -0.305 e. The Kier molecular flexibility index (Phi) is 2.05. The van der Waals surface area contributed by atoms with Crippen molar-refractivity contribution in [2.75, 3.05) is 5.32 Å². The largest absolute Gasteiger partial charge is 0.305 e. The molecular weight excluding hydrogens is 178 g/mol. The van der Waals surface area contributed by atoms with E-state index in [1.165, 1.54) is 0 Å². The Morgan fingerprint density at radius 1 is 1.64 bits per heavy atom. The molecule has 70 valence electrons. The molecule has 0 bridgehead atoms. The molecule has 1 amide bonds. The van der Waals surface area contributed by atoms with Crippen molar-refractivity contribution >= 4 is 11.7 Å². The van der Waals surface area contributed by atoms with E-state index in [1.807, 2.05) is 6.92 Å². The van der Waals surface area contributed by atoms with Gasteiger partial charge in [-0.05, 0) is 19.1 Å². The fourth-order valence-corrected chi connectivity index (χ4v) is 1.14. The van der Waals surface area contributed by atoms with E-state index in [-0.39, 0.29) is 5.91 Å². The number of allylic oxidation sites excluding steroid dienone is 1. The number of carbonyl (C=O) groups excluding carboxylic acids is 1. The smallest absolute Gasteiger partial charge is 0.264 e. The van der Waals surface area contributed by atoms with Gasteiger partial charge in [-0.3, -0.25) is 9.89 Å². The summed E-state index contributed by atoms with van der Waals surface area (Å²) in [7, 11) is 0. The summed E-state index contributed by atoms with van der Waals surface area (Å²) in [5.74, 6) is 0.337. The number of hydrogen-bond donors (Lipinski definition) is 2. The highest BCUT2D eigenvalue weighted by Crippen LogP contribution is 2.08. The fraction of sp³-hybridized carbons (Fsp3) is 0.100. The summed E-state index contributed by atoms with van der Waals surface area (Å²) in [5, 5.41) is 9.29. The fourth-order valence-electron chi connectivity index (χ4n) is 1.14. The van der Waals surface area contributed by atoms with E-state index in [0.717, 1.165) is 5.69 Å². The van der Waals surface area contributed by atoms with Gasteiger partial charge in [0.2, 0.25) is 0 Å². The van der Waals surface area contributed by atoms with Gasteiger partial charge >= 0.3 is 0 Å². The SMILES string of the molecule is Cc1cc(NC(=O)C2=C=CC=C2)n[nH]1. The van der Waals surface area contributed by atoms with Crippen LogP contribution in [0.5, 0.6) is 0 Å². The summed E-state index contributed by atoms with van der Waals surface area (Å²) in [6, 6.07) is 1.76. The number of nitrogens with one attached hydrogen (secondary N) is 2. The van der Waals surface area contributed by atoms with Gasteiger partial charge in [0.15, 0.2) is 5.82 Å². The maximum absolute atomic E-state index is 11.5. The molecule has 14 heavy (non-hydrogen) atoms. The van der Waals surface area contributed by atoms with E-state index >= 15 is 0 Å². The van der Waals surface area contributed by atoms with E-state index in [9.17, 15) is 4.79 Å². The highest BCUT2D eigenvalue weighted by atomic mass is 16.1. The Morgan fingerprint density at radius 2 is 2.50 bits per heavy atom. The van der Waals surface area contributed by atoms with E-state index in [2.05, 4.69) is 21.2 Å². The molecule has 0 fully saturated rings. The normalized spacial score (nSPS) is 13.1. The first-order valence-corrected chi connectivity index (χ1v) is 4.22. The Bertz CT molecular complexity index is 461. The number of rotatable bonds is 2. The van der Waals surface area contributed by atoms with Crippen LogP contribution in [-0.2, 0) is 4.79 Å². The first kappa shape index (κ1) is 8.53. The number of aryl methyl sites for hydroxylation is 1.